The molecule has 34 heavy (non-hydrogen) atoms. The first kappa shape index (κ1) is 22.7. The van der Waals surface area contributed by atoms with Crippen LogP contribution in [0.5, 0.6) is 5.75 Å². The summed E-state index contributed by atoms with van der Waals surface area (Å²) in [6.07, 6.45) is 0.333. The number of rotatable bonds is 7. The summed E-state index contributed by atoms with van der Waals surface area (Å²) < 4.78 is 17.1. The molecule has 0 aliphatic carbocycles. The number of benzene rings is 2. The van der Waals surface area contributed by atoms with Gasteiger partial charge >= 0.3 is 6.09 Å². The number of carbonyl (C=O) groups is 2. The fraction of sp³-hybridized carbons (Fsp3) is 0.462. The van der Waals surface area contributed by atoms with Crippen LogP contribution in [0.2, 0.25) is 0 Å². The summed E-state index contributed by atoms with van der Waals surface area (Å²) in [5.74, 6) is 0.627. The van der Waals surface area contributed by atoms with Crippen molar-refractivity contribution in [2.45, 2.75) is 18.6 Å². The number of carbonyl (C=O) groups excluding carboxylic acids is 2. The van der Waals surface area contributed by atoms with E-state index in [0.717, 1.165) is 38.4 Å². The lowest BCUT2D eigenvalue weighted by molar-refractivity contribution is 0.0322. The van der Waals surface area contributed by atoms with Crippen molar-refractivity contribution in [2.75, 3.05) is 59.1 Å². The summed E-state index contributed by atoms with van der Waals surface area (Å²) in [4.78, 5) is 31.6. The monoisotopic (exact) mass is 465 g/mol. The van der Waals surface area contributed by atoms with E-state index in [1.807, 2.05) is 48.5 Å². The predicted molar refractivity (Wildman–Crippen MR) is 126 cm³/mol. The van der Waals surface area contributed by atoms with Gasteiger partial charge in [0.15, 0.2) is 5.60 Å². The molecule has 3 aliphatic rings. The van der Waals surface area contributed by atoms with Crippen molar-refractivity contribution in [3.05, 3.63) is 65.7 Å². The normalized spacial score (nSPS) is 22.9. The highest BCUT2D eigenvalue weighted by molar-refractivity contribution is 5.95. The Hall–Kier alpha value is -3.10. The van der Waals surface area contributed by atoms with Crippen molar-refractivity contribution in [2.24, 2.45) is 0 Å². The number of hydrogen-bond donors (Lipinski definition) is 0. The largest absolute Gasteiger partial charge is 0.492 e. The third kappa shape index (κ3) is 5.18. The van der Waals surface area contributed by atoms with Gasteiger partial charge in [-0.05, 0) is 23.8 Å². The molecule has 3 heterocycles. The van der Waals surface area contributed by atoms with Crippen LogP contribution in [0.1, 0.15) is 22.3 Å². The van der Waals surface area contributed by atoms with Crippen molar-refractivity contribution in [3.63, 3.8) is 0 Å². The average Bonchev–Trinajstić information content (AvgIpc) is 3.41. The lowest BCUT2D eigenvalue weighted by Crippen LogP contribution is -2.39. The van der Waals surface area contributed by atoms with Crippen molar-refractivity contribution < 1.29 is 23.8 Å². The number of hydrogen-bond acceptors (Lipinski definition) is 6. The average molecular weight is 466 g/mol. The van der Waals surface area contributed by atoms with Gasteiger partial charge in [-0.15, -0.1) is 0 Å². The Morgan fingerprint density at radius 1 is 1.00 bits per heavy atom. The molecule has 2 amide bonds. The van der Waals surface area contributed by atoms with E-state index >= 15 is 0 Å². The van der Waals surface area contributed by atoms with Crippen LogP contribution in [0, 0.1) is 0 Å². The maximum absolute atomic E-state index is 13.2. The minimum Gasteiger partial charge on any atom is -0.492 e. The highest BCUT2D eigenvalue weighted by atomic mass is 16.6. The van der Waals surface area contributed by atoms with Crippen LogP contribution >= 0.6 is 0 Å². The van der Waals surface area contributed by atoms with Gasteiger partial charge in [0.1, 0.15) is 12.4 Å². The van der Waals surface area contributed by atoms with Gasteiger partial charge in [-0.2, -0.15) is 0 Å². The van der Waals surface area contributed by atoms with E-state index in [1.165, 1.54) is 0 Å². The second kappa shape index (κ2) is 10.0. The van der Waals surface area contributed by atoms with Crippen molar-refractivity contribution in [1.29, 1.82) is 0 Å². The number of ether oxygens (including phenoxy) is 3. The summed E-state index contributed by atoms with van der Waals surface area (Å²) in [5, 5.41) is 0. The van der Waals surface area contributed by atoms with E-state index in [-0.39, 0.29) is 12.0 Å². The first-order valence-electron chi connectivity index (χ1n) is 11.9. The van der Waals surface area contributed by atoms with Crippen molar-refractivity contribution in [1.82, 2.24) is 14.7 Å². The molecule has 0 N–H and O–H groups in total. The van der Waals surface area contributed by atoms with Crippen LogP contribution in [-0.4, -0.2) is 91.4 Å². The van der Waals surface area contributed by atoms with Crippen LogP contribution in [0.3, 0.4) is 0 Å². The third-order valence-electron chi connectivity index (χ3n) is 6.72. The van der Waals surface area contributed by atoms with E-state index < -0.39 is 5.60 Å². The Bertz CT molecular complexity index is 1010. The van der Waals surface area contributed by atoms with E-state index in [2.05, 4.69) is 4.90 Å². The Morgan fingerprint density at radius 3 is 2.65 bits per heavy atom. The second-order valence-corrected chi connectivity index (χ2v) is 9.20. The number of amides is 2. The molecule has 8 nitrogen and oxygen atoms in total. The smallest absolute Gasteiger partial charge is 0.410 e. The molecular formula is C26H31N3O5. The maximum atomic E-state index is 13.2. The summed E-state index contributed by atoms with van der Waals surface area (Å²) in [6, 6.07) is 17.2. The highest BCUT2D eigenvalue weighted by Crippen LogP contribution is 2.34. The lowest BCUT2D eigenvalue weighted by Gasteiger charge is -2.26. The summed E-state index contributed by atoms with van der Waals surface area (Å²) >= 11 is 0. The maximum Gasteiger partial charge on any atom is 0.410 e. The summed E-state index contributed by atoms with van der Waals surface area (Å²) in [5.41, 5.74) is 1.02. The minimum atomic E-state index is -0.631. The van der Waals surface area contributed by atoms with Gasteiger partial charge in [0.05, 0.1) is 26.3 Å². The topological polar surface area (TPSA) is 71.5 Å². The summed E-state index contributed by atoms with van der Waals surface area (Å²) in [6.45, 7) is 6.75. The molecule has 1 atom stereocenters. The zero-order valence-electron chi connectivity index (χ0n) is 19.4. The molecule has 1 spiro atoms. The molecule has 0 aromatic heterocycles. The fourth-order valence-electron chi connectivity index (χ4n) is 4.87. The molecule has 2 aromatic carbocycles. The molecule has 3 saturated heterocycles. The van der Waals surface area contributed by atoms with Gasteiger partial charge in [-0.3, -0.25) is 14.6 Å². The van der Waals surface area contributed by atoms with Gasteiger partial charge in [0.2, 0.25) is 0 Å². The first-order valence-corrected chi connectivity index (χ1v) is 11.9. The summed E-state index contributed by atoms with van der Waals surface area (Å²) in [7, 11) is 0. The third-order valence-corrected chi connectivity index (χ3v) is 6.72. The Balaban J connectivity index is 1.16. The lowest BCUT2D eigenvalue weighted by atomic mass is 10.0. The van der Waals surface area contributed by atoms with Crippen LogP contribution in [-0.2, 0) is 16.0 Å². The van der Waals surface area contributed by atoms with E-state index in [4.69, 9.17) is 14.2 Å². The quantitative estimate of drug-likeness (QED) is 0.626. The number of likely N-dealkylation sites (tertiary alicyclic amines) is 1. The van der Waals surface area contributed by atoms with E-state index in [0.29, 0.717) is 50.5 Å². The predicted octanol–water partition coefficient (Wildman–Crippen LogP) is 2.63. The fourth-order valence-corrected chi connectivity index (χ4v) is 4.87. The number of nitrogens with zero attached hydrogens (tertiary/aromatic N) is 3. The Labute approximate surface area is 200 Å². The van der Waals surface area contributed by atoms with Crippen LogP contribution < -0.4 is 4.74 Å². The Kier molecular flexibility index (Phi) is 6.69. The second-order valence-electron chi connectivity index (χ2n) is 9.20. The molecule has 180 valence electrons. The van der Waals surface area contributed by atoms with E-state index in [1.54, 1.807) is 15.9 Å². The van der Waals surface area contributed by atoms with Crippen LogP contribution in [0.15, 0.2) is 54.6 Å². The van der Waals surface area contributed by atoms with Gasteiger partial charge in [0.25, 0.3) is 5.91 Å². The molecule has 3 fully saturated rings. The number of morpholine rings is 1. The molecule has 0 unspecified atom stereocenters. The zero-order chi connectivity index (χ0) is 23.4. The highest BCUT2D eigenvalue weighted by Gasteiger charge is 2.50. The van der Waals surface area contributed by atoms with Crippen molar-refractivity contribution >= 4 is 12.0 Å². The molecule has 8 heteroatoms. The van der Waals surface area contributed by atoms with Gasteiger partial charge < -0.3 is 19.1 Å². The van der Waals surface area contributed by atoms with Gasteiger partial charge in [-0.25, -0.2) is 4.79 Å². The van der Waals surface area contributed by atoms with Crippen LogP contribution in [0.25, 0.3) is 0 Å². The SMILES string of the molecule is O=C1O[C@]2(CCN(C(=O)c3cccc(OCCN4CCOCC4)c3)C2)CN1Cc1ccccc1. The molecule has 0 radical (unpaired) electrons. The zero-order valence-corrected chi connectivity index (χ0v) is 19.4. The molecule has 3 aliphatic heterocycles. The van der Waals surface area contributed by atoms with Crippen LogP contribution in [0.4, 0.5) is 4.79 Å². The van der Waals surface area contributed by atoms with E-state index in [9.17, 15) is 9.59 Å². The molecule has 0 saturated carbocycles. The standard InChI is InChI=1S/C26H31N3O5/c30-24(22-7-4-8-23(17-22)33-16-13-27-11-14-32-15-12-27)28-10-9-26(19-28)20-29(25(31)34-26)18-21-5-2-1-3-6-21/h1-8,17H,9-16,18-20H2/t26-/m0/s1. The first-order chi connectivity index (χ1) is 16.6. The Morgan fingerprint density at radius 2 is 1.82 bits per heavy atom. The molecule has 5 rings (SSSR count). The van der Waals surface area contributed by atoms with Gasteiger partial charge in [0, 0.05) is 44.7 Å². The van der Waals surface area contributed by atoms with Gasteiger partial charge in [-0.1, -0.05) is 36.4 Å². The van der Waals surface area contributed by atoms with Crippen molar-refractivity contribution in [3.8, 4) is 5.75 Å². The molecule has 2 aromatic rings. The molecular weight excluding hydrogens is 434 g/mol. The minimum absolute atomic E-state index is 0.0620. The molecule has 0 bridgehead atoms.